The first-order valence-corrected chi connectivity index (χ1v) is 9.47. The molecule has 1 heterocycles. The van der Waals surface area contributed by atoms with Gasteiger partial charge in [0.25, 0.3) is 0 Å². The van der Waals surface area contributed by atoms with Crippen LogP contribution < -0.4 is 0 Å². The van der Waals surface area contributed by atoms with Gasteiger partial charge in [-0.25, -0.2) is 0 Å². The molecule has 28 heavy (non-hydrogen) atoms. The molecular weight excluding hydrogens is 392 g/mol. The molecule has 156 valence electrons. The van der Waals surface area contributed by atoms with E-state index in [1.165, 1.54) is 39.5 Å². The molecule has 10 heteroatoms. The molecule has 0 aromatic heterocycles. The normalized spacial score (nSPS) is 26.4. The van der Waals surface area contributed by atoms with E-state index >= 15 is 0 Å². The lowest BCUT2D eigenvalue weighted by Gasteiger charge is -2.44. The number of rotatable bonds is 8. The highest BCUT2D eigenvalue weighted by molar-refractivity contribution is 7.99. The Morgan fingerprint density at radius 3 is 1.96 bits per heavy atom. The third-order valence-electron chi connectivity index (χ3n) is 3.44. The van der Waals surface area contributed by atoms with Gasteiger partial charge in [-0.1, -0.05) is 6.58 Å². The smallest absolute Gasteiger partial charge is 0.303 e. The van der Waals surface area contributed by atoms with Gasteiger partial charge < -0.3 is 23.7 Å². The molecule has 0 amide bonds. The largest absolute Gasteiger partial charge is 0.463 e. The summed E-state index contributed by atoms with van der Waals surface area (Å²) in [7, 11) is 0. The van der Waals surface area contributed by atoms with E-state index in [0.717, 1.165) is 0 Å². The maximum atomic E-state index is 11.7. The van der Waals surface area contributed by atoms with Gasteiger partial charge >= 0.3 is 23.9 Å². The number of hydrogen-bond donors (Lipinski definition) is 0. The van der Waals surface area contributed by atoms with E-state index in [9.17, 15) is 19.2 Å². The summed E-state index contributed by atoms with van der Waals surface area (Å²) in [6, 6.07) is 0. The first-order valence-electron chi connectivity index (χ1n) is 8.42. The SMILES string of the molecule is C=C=CCS[C@@H]1O[C@H](COC(C)=O)[C@@H](OC(C)=O)[C@H](OC(C)=O)[C@H]1OC(C)=O. The summed E-state index contributed by atoms with van der Waals surface area (Å²) in [4.78, 5) is 46.1. The minimum Gasteiger partial charge on any atom is -0.463 e. The van der Waals surface area contributed by atoms with Crippen LogP contribution in [0.25, 0.3) is 0 Å². The molecule has 0 aliphatic carbocycles. The third kappa shape index (κ3) is 7.75. The Labute approximate surface area is 167 Å². The van der Waals surface area contributed by atoms with Crippen molar-refractivity contribution >= 4 is 35.6 Å². The van der Waals surface area contributed by atoms with Crippen molar-refractivity contribution in [3.8, 4) is 0 Å². The van der Waals surface area contributed by atoms with Gasteiger partial charge in [-0.15, -0.1) is 17.5 Å². The molecule has 9 nitrogen and oxygen atoms in total. The molecular formula is C18H24O9S. The second kappa shape index (κ2) is 11.5. The molecule has 0 N–H and O–H groups in total. The van der Waals surface area contributed by atoms with E-state index in [1.807, 2.05) is 0 Å². The van der Waals surface area contributed by atoms with Crippen molar-refractivity contribution in [3.63, 3.8) is 0 Å². The lowest BCUT2D eigenvalue weighted by atomic mass is 9.99. The monoisotopic (exact) mass is 416 g/mol. The fourth-order valence-corrected chi connectivity index (χ4v) is 3.55. The summed E-state index contributed by atoms with van der Waals surface area (Å²) in [6.07, 6.45) is -2.64. The maximum absolute atomic E-state index is 11.7. The average molecular weight is 416 g/mol. The molecule has 1 saturated heterocycles. The lowest BCUT2D eigenvalue weighted by molar-refractivity contribution is -0.237. The zero-order chi connectivity index (χ0) is 21.3. The maximum Gasteiger partial charge on any atom is 0.303 e. The van der Waals surface area contributed by atoms with Crippen molar-refractivity contribution in [2.75, 3.05) is 12.4 Å². The van der Waals surface area contributed by atoms with Crippen LogP contribution in [0.1, 0.15) is 27.7 Å². The van der Waals surface area contributed by atoms with Crippen molar-refractivity contribution in [1.82, 2.24) is 0 Å². The summed E-state index contributed by atoms with van der Waals surface area (Å²) in [6.45, 7) is 7.99. The molecule has 5 atom stereocenters. The summed E-state index contributed by atoms with van der Waals surface area (Å²) >= 11 is 1.23. The van der Waals surface area contributed by atoms with Crippen LogP contribution in [0.15, 0.2) is 18.4 Å². The lowest BCUT2D eigenvalue weighted by Crippen LogP contribution is -2.61. The van der Waals surface area contributed by atoms with E-state index in [-0.39, 0.29) is 6.61 Å². The van der Waals surface area contributed by atoms with Gasteiger partial charge in [-0.2, -0.15) is 0 Å². The molecule has 0 radical (unpaired) electrons. The van der Waals surface area contributed by atoms with E-state index in [0.29, 0.717) is 5.75 Å². The second-order valence-corrected chi connectivity index (χ2v) is 6.94. The van der Waals surface area contributed by atoms with Crippen molar-refractivity contribution in [3.05, 3.63) is 18.4 Å². The molecule has 1 aliphatic rings. The summed E-state index contributed by atoms with van der Waals surface area (Å²) in [5, 5.41) is 0. The molecule has 0 bridgehead atoms. The summed E-state index contributed by atoms with van der Waals surface area (Å²) < 4.78 is 26.8. The van der Waals surface area contributed by atoms with Crippen molar-refractivity contribution in [2.24, 2.45) is 0 Å². The van der Waals surface area contributed by atoms with Gasteiger partial charge in [0.2, 0.25) is 0 Å². The quantitative estimate of drug-likeness (QED) is 0.324. The van der Waals surface area contributed by atoms with Crippen LogP contribution in [-0.2, 0) is 42.9 Å². The fourth-order valence-electron chi connectivity index (χ4n) is 2.52. The Hall–Kier alpha value is -2.29. The Balaban J connectivity index is 3.26. The number of esters is 4. The molecule has 0 aromatic rings. The molecule has 0 unspecified atom stereocenters. The highest BCUT2D eigenvalue weighted by atomic mass is 32.2. The van der Waals surface area contributed by atoms with Crippen LogP contribution in [-0.4, -0.2) is 66.1 Å². The van der Waals surface area contributed by atoms with Gasteiger partial charge in [0, 0.05) is 33.4 Å². The van der Waals surface area contributed by atoms with Gasteiger partial charge in [0.05, 0.1) is 0 Å². The van der Waals surface area contributed by atoms with Crippen molar-refractivity contribution in [1.29, 1.82) is 0 Å². The molecule has 1 rings (SSSR count). The Morgan fingerprint density at radius 1 is 0.929 bits per heavy atom. The van der Waals surface area contributed by atoms with Crippen molar-refractivity contribution in [2.45, 2.75) is 57.5 Å². The fraction of sp³-hybridized carbons (Fsp3) is 0.611. The first-order chi connectivity index (χ1) is 13.1. The van der Waals surface area contributed by atoms with Crippen molar-refractivity contribution < 1.29 is 42.9 Å². The Morgan fingerprint density at radius 2 is 1.46 bits per heavy atom. The number of thioether (sulfide) groups is 1. The minimum atomic E-state index is -1.15. The van der Waals surface area contributed by atoms with Crippen LogP contribution in [0.3, 0.4) is 0 Å². The number of ether oxygens (including phenoxy) is 5. The Bertz CT molecular complexity index is 609. The van der Waals surface area contributed by atoms with Gasteiger partial charge in [0.15, 0.2) is 18.3 Å². The average Bonchev–Trinajstić information content (AvgIpc) is 2.57. The molecule has 0 aromatic carbocycles. The number of carbonyl (C=O) groups is 4. The number of hydrogen-bond acceptors (Lipinski definition) is 10. The van der Waals surface area contributed by atoms with Gasteiger partial charge in [0.1, 0.15) is 18.1 Å². The van der Waals surface area contributed by atoms with E-state index in [1.54, 1.807) is 6.08 Å². The van der Waals surface area contributed by atoms with E-state index in [4.69, 9.17) is 23.7 Å². The Kier molecular flexibility index (Phi) is 9.78. The third-order valence-corrected chi connectivity index (χ3v) is 4.50. The highest BCUT2D eigenvalue weighted by Crippen LogP contribution is 2.34. The van der Waals surface area contributed by atoms with Crippen LogP contribution in [0.5, 0.6) is 0 Å². The highest BCUT2D eigenvalue weighted by Gasteiger charge is 2.52. The molecule has 1 fully saturated rings. The van der Waals surface area contributed by atoms with E-state index < -0.39 is 53.7 Å². The zero-order valence-corrected chi connectivity index (χ0v) is 17.0. The predicted octanol–water partition coefficient (Wildman–Crippen LogP) is 1.14. The van der Waals surface area contributed by atoms with Crippen LogP contribution in [0, 0.1) is 0 Å². The minimum absolute atomic E-state index is 0.244. The second-order valence-electron chi connectivity index (χ2n) is 5.81. The van der Waals surface area contributed by atoms with Gasteiger partial charge in [-0.05, 0) is 6.08 Å². The van der Waals surface area contributed by atoms with Gasteiger partial charge in [-0.3, -0.25) is 19.2 Å². The number of carbonyl (C=O) groups excluding carboxylic acids is 4. The standard InChI is InChI=1S/C18H24O9S/c1-6-7-8-28-18-17(26-13(5)22)16(25-12(4)21)15(24-11(3)20)14(27-18)9-23-10(2)19/h7,14-18H,1,8-9H2,2-5H3/t14-,15-,16+,17-,18+/m1/s1. The molecule has 0 saturated carbocycles. The molecule has 0 spiro atoms. The first kappa shape index (κ1) is 23.7. The summed E-state index contributed by atoms with van der Waals surface area (Å²) in [5.74, 6) is -2.11. The topological polar surface area (TPSA) is 114 Å². The van der Waals surface area contributed by atoms with Crippen LogP contribution in [0.2, 0.25) is 0 Å². The molecule has 1 aliphatic heterocycles. The van der Waals surface area contributed by atoms with Crippen LogP contribution in [0.4, 0.5) is 0 Å². The zero-order valence-electron chi connectivity index (χ0n) is 16.2. The van der Waals surface area contributed by atoms with E-state index in [2.05, 4.69) is 12.3 Å². The van der Waals surface area contributed by atoms with Crippen LogP contribution >= 0.6 is 11.8 Å². The summed E-state index contributed by atoms with van der Waals surface area (Å²) in [5.41, 5.74) is 1.82. The predicted molar refractivity (Wildman–Crippen MR) is 98.1 cm³/mol.